The van der Waals surface area contributed by atoms with Crippen molar-refractivity contribution < 1.29 is 105 Å². The molecule has 5 aromatic rings. The zero-order valence-electron chi connectivity index (χ0n) is 45.5. The topological polar surface area (TPSA) is 317 Å². The number of sulfone groups is 2. The molecule has 0 saturated carbocycles. The third-order valence-corrected chi connectivity index (χ3v) is 12.5. The van der Waals surface area contributed by atoms with Gasteiger partial charge in [0.15, 0.2) is 11.6 Å². The zero-order valence-corrected chi connectivity index (χ0v) is 47.1. The van der Waals surface area contributed by atoms with Crippen LogP contribution in [-0.2, 0) is 67.1 Å². The first-order valence-corrected chi connectivity index (χ1v) is 29.5. The number of aromatic nitrogens is 4. The van der Waals surface area contributed by atoms with Crippen LogP contribution >= 0.6 is 0 Å². The van der Waals surface area contributed by atoms with E-state index in [1.54, 1.807) is 48.5 Å². The average molecular weight is 1220 g/mol. The third-order valence-electron chi connectivity index (χ3n) is 10.9. The lowest BCUT2D eigenvalue weighted by Gasteiger charge is -2.22. The summed E-state index contributed by atoms with van der Waals surface area (Å²) < 4.78 is 166. The maximum Gasteiger partial charge on any atom is 0.335 e. The number of rotatable bonds is 43. The van der Waals surface area contributed by atoms with Crippen molar-refractivity contribution in [2.75, 3.05) is 164 Å². The lowest BCUT2D eigenvalue weighted by molar-refractivity contribution is -0.136. The molecule has 0 fully saturated rings. The summed E-state index contributed by atoms with van der Waals surface area (Å²) >= 11 is 0. The van der Waals surface area contributed by atoms with Gasteiger partial charge in [-0.3, -0.25) is 19.3 Å². The Balaban J connectivity index is 0.884. The van der Waals surface area contributed by atoms with E-state index in [1.165, 1.54) is 0 Å². The number of benzene rings is 3. The summed E-state index contributed by atoms with van der Waals surface area (Å²) in [7, 11) is -7.30. The molecule has 0 bridgehead atoms. The van der Waals surface area contributed by atoms with Gasteiger partial charge in [0.05, 0.1) is 125 Å². The molecule has 2 aromatic heterocycles. The molecule has 2 heterocycles. The van der Waals surface area contributed by atoms with E-state index in [0.29, 0.717) is 115 Å². The quantitative estimate of drug-likeness (QED) is 0.0186. The lowest BCUT2D eigenvalue weighted by Crippen LogP contribution is -2.34. The van der Waals surface area contributed by atoms with Gasteiger partial charge in [-0.05, 0) is 48.5 Å². The maximum absolute atomic E-state index is 13.7. The van der Waals surface area contributed by atoms with Crippen LogP contribution in [0, 0.1) is 23.3 Å². The van der Waals surface area contributed by atoms with Crippen molar-refractivity contribution in [3.05, 3.63) is 89.0 Å². The van der Waals surface area contributed by atoms with Crippen LogP contribution < -0.4 is 15.4 Å². The van der Waals surface area contributed by atoms with E-state index >= 15 is 0 Å². The molecular formula is C51H65F4N7O19S2. The number of hydrogen-bond acceptors (Lipinski definition) is 24. The number of ether oxygens (including phenoxy) is 10. The molecule has 0 aliphatic carbocycles. The second kappa shape index (κ2) is 36.3. The van der Waals surface area contributed by atoms with Gasteiger partial charge in [0, 0.05) is 73.6 Å². The molecule has 0 atom stereocenters. The fraction of sp³-hybridized carbons (Fsp3) is 0.510. The number of esters is 1. The predicted molar refractivity (Wildman–Crippen MR) is 281 cm³/mol. The predicted octanol–water partition coefficient (Wildman–Crippen LogP) is 2.76. The van der Waals surface area contributed by atoms with Crippen molar-refractivity contribution >= 4 is 37.5 Å². The summed E-state index contributed by atoms with van der Waals surface area (Å²) in [5.74, 6) is -10.3. The van der Waals surface area contributed by atoms with Crippen LogP contribution in [0.4, 0.5) is 17.6 Å². The first-order valence-electron chi connectivity index (χ1n) is 25.7. The number of nitrogens with one attached hydrogen (secondary N) is 2. The number of amides is 2. The van der Waals surface area contributed by atoms with Crippen LogP contribution in [0.5, 0.6) is 5.75 Å². The van der Waals surface area contributed by atoms with E-state index in [0.717, 1.165) is 12.5 Å². The highest BCUT2D eigenvalue weighted by atomic mass is 32.2. The summed E-state index contributed by atoms with van der Waals surface area (Å²) in [5, 5.41) is 19.0. The van der Waals surface area contributed by atoms with Gasteiger partial charge in [0.2, 0.25) is 48.8 Å². The van der Waals surface area contributed by atoms with E-state index in [4.69, 9.17) is 51.5 Å². The van der Waals surface area contributed by atoms with Gasteiger partial charge in [0.25, 0.3) is 11.8 Å². The first kappa shape index (κ1) is 67.4. The first-order chi connectivity index (χ1) is 39.9. The normalized spacial score (nSPS) is 11.8. The van der Waals surface area contributed by atoms with Crippen LogP contribution in [0.3, 0.4) is 0 Å². The molecule has 83 heavy (non-hydrogen) atoms. The molecule has 0 radical (unpaired) electrons. The molecule has 458 valence electrons. The fourth-order valence-electron chi connectivity index (χ4n) is 6.66. The Morgan fingerprint density at radius 3 is 1.13 bits per heavy atom. The molecule has 32 heteroatoms. The largest absolute Gasteiger partial charge is 0.420 e. The minimum atomic E-state index is -3.65. The van der Waals surface area contributed by atoms with Crippen molar-refractivity contribution in [1.29, 1.82) is 0 Å². The van der Waals surface area contributed by atoms with Gasteiger partial charge in [-0.15, -0.1) is 10.2 Å². The highest BCUT2D eigenvalue weighted by molar-refractivity contribution is 7.90. The van der Waals surface area contributed by atoms with Crippen LogP contribution in [0.2, 0.25) is 0 Å². The van der Waals surface area contributed by atoms with Gasteiger partial charge in [0.1, 0.15) is 0 Å². The second-order valence-electron chi connectivity index (χ2n) is 17.3. The van der Waals surface area contributed by atoms with E-state index in [1.807, 2.05) is 0 Å². The van der Waals surface area contributed by atoms with Crippen LogP contribution in [0.1, 0.15) is 27.1 Å². The van der Waals surface area contributed by atoms with E-state index in [-0.39, 0.29) is 89.0 Å². The Kier molecular flexibility index (Phi) is 29.5. The second-order valence-corrected chi connectivity index (χ2v) is 21.1. The zero-order chi connectivity index (χ0) is 59.9. The van der Waals surface area contributed by atoms with Crippen molar-refractivity contribution in [2.24, 2.45) is 0 Å². The Morgan fingerprint density at radius 1 is 0.470 bits per heavy atom. The highest BCUT2D eigenvalue weighted by Crippen LogP contribution is 2.27. The SMILES string of the molecule is CS(=O)(=O)c1nnc(-c2ccc(C(=O)NCCOCCOCCOCCN(CCOCCOCCOCCNC(=O)c3ccc(-c4nnc(S(C)(=O)=O)o4)cc3)CCOCCOCCOCCC(=O)Oc3c(F)c(F)cc(F)c3F)cc2)o1. The number of hydrogen-bond donors (Lipinski definition) is 2. The van der Waals surface area contributed by atoms with Crippen molar-refractivity contribution in [2.45, 2.75) is 16.9 Å². The van der Waals surface area contributed by atoms with Crippen LogP contribution in [-0.4, -0.2) is 224 Å². The number of carbonyl (C=O) groups excluding carboxylic acids is 3. The molecule has 0 saturated heterocycles. The maximum atomic E-state index is 13.7. The fourth-order valence-corrected chi connectivity index (χ4v) is 7.50. The summed E-state index contributed by atoms with van der Waals surface area (Å²) in [6.45, 7) is 6.76. The molecule has 0 aliphatic heterocycles. The van der Waals surface area contributed by atoms with Crippen molar-refractivity contribution in [3.63, 3.8) is 0 Å². The van der Waals surface area contributed by atoms with E-state index in [2.05, 4.69) is 40.7 Å². The lowest BCUT2D eigenvalue weighted by atomic mass is 10.1. The summed E-state index contributed by atoms with van der Waals surface area (Å²) in [6, 6.07) is 12.4. The molecule has 0 spiro atoms. The standard InChI is InChI=1S/C51H65F4N7O19S2/c1-82(66,67)50-60-58-48(80-50)38-7-3-36(4-8-38)46(64)56-12-18-71-24-30-77-33-27-74-21-15-62(14-20-73-26-32-76-29-23-70-17-11-42(63)79-45-43(54)40(52)35-41(53)44(45)55)16-22-75-28-34-78-31-25-72-19-13-57-47(65)37-5-9-39(10-6-37)49-59-61-51(81-49)83(2,68)69/h3-10,35H,11-34H2,1-2H3,(H,56,64)(H,57,65). The third kappa shape index (κ3) is 25.1. The monoisotopic (exact) mass is 1220 g/mol. The smallest absolute Gasteiger partial charge is 0.335 e. The van der Waals surface area contributed by atoms with Gasteiger partial charge < -0.3 is 66.8 Å². The van der Waals surface area contributed by atoms with Crippen LogP contribution in [0.15, 0.2) is 73.9 Å². The number of carbonyl (C=O) groups is 3. The van der Waals surface area contributed by atoms with Gasteiger partial charge in [-0.2, -0.15) is 8.78 Å². The minimum Gasteiger partial charge on any atom is -0.420 e. The van der Waals surface area contributed by atoms with Gasteiger partial charge >= 0.3 is 16.4 Å². The molecule has 2 amide bonds. The van der Waals surface area contributed by atoms with Crippen LogP contribution in [0.25, 0.3) is 22.9 Å². The summed E-state index contributed by atoms with van der Waals surface area (Å²) in [5.41, 5.74) is 1.64. The van der Waals surface area contributed by atoms with E-state index in [9.17, 15) is 48.8 Å². The Bertz CT molecular complexity index is 2820. The van der Waals surface area contributed by atoms with Crippen molar-refractivity contribution in [3.8, 4) is 28.7 Å². The molecular weight excluding hydrogens is 1150 g/mol. The Morgan fingerprint density at radius 2 is 0.795 bits per heavy atom. The molecule has 5 rings (SSSR count). The molecule has 26 nitrogen and oxygen atoms in total. The molecule has 3 aromatic carbocycles. The number of nitrogens with zero attached hydrogens (tertiary/aromatic N) is 5. The molecule has 0 aliphatic rings. The summed E-state index contributed by atoms with van der Waals surface area (Å²) in [4.78, 5) is 39.1. The average Bonchev–Trinajstić information content (AvgIpc) is 4.43. The Labute approximate surface area is 475 Å². The molecule has 2 N–H and O–H groups in total. The summed E-state index contributed by atoms with van der Waals surface area (Å²) in [6.07, 6.45) is 1.46. The van der Waals surface area contributed by atoms with E-state index < -0.39 is 71.5 Å². The van der Waals surface area contributed by atoms with Gasteiger partial charge in [-0.1, -0.05) is 10.2 Å². The van der Waals surface area contributed by atoms with Gasteiger partial charge in [-0.25, -0.2) is 25.6 Å². The highest BCUT2D eigenvalue weighted by Gasteiger charge is 2.24. The minimum absolute atomic E-state index is 0.000719. The Hall–Kier alpha value is -6.43. The molecule has 0 unspecified atom stereocenters. The number of halogens is 4. The van der Waals surface area contributed by atoms with Crippen molar-refractivity contribution in [1.82, 2.24) is 35.9 Å².